The molecule has 0 N–H and O–H groups in total. The van der Waals surface area contributed by atoms with Crippen LogP contribution in [0.5, 0.6) is 0 Å². The third-order valence-electron chi connectivity index (χ3n) is 4.04. The van der Waals surface area contributed by atoms with E-state index in [2.05, 4.69) is 0 Å². The molecule has 4 heteroatoms. The van der Waals surface area contributed by atoms with Gasteiger partial charge in [-0.2, -0.15) is 0 Å². The highest BCUT2D eigenvalue weighted by molar-refractivity contribution is 6.07. The van der Waals surface area contributed by atoms with E-state index >= 15 is 0 Å². The maximum Gasteiger partial charge on any atom is 0.164 e. The second-order valence-electron chi connectivity index (χ2n) is 5.12. The van der Waals surface area contributed by atoms with Gasteiger partial charge in [0.05, 0.1) is 13.2 Å². The van der Waals surface area contributed by atoms with Gasteiger partial charge < -0.3 is 9.47 Å². The molecule has 1 aliphatic heterocycles. The van der Waals surface area contributed by atoms with Gasteiger partial charge in [-0.05, 0) is 18.1 Å². The Morgan fingerprint density at radius 3 is 2.28 bits per heavy atom. The van der Waals surface area contributed by atoms with Crippen LogP contribution in [0.1, 0.15) is 6.92 Å². The van der Waals surface area contributed by atoms with E-state index in [9.17, 15) is 9.59 Å². The van der Waals surface area contributed by atoms with Crippen molar-refractivity contribution in [2.45, 2.75) is 13.2 Å². The topological polar surface area (TPSA) is 52.6 Å². The van der Waals surface area contributed by atoms with E-state index in [1.165, 1.54) is 12.2 Å². The quantitative estimate of drug-likeness (QED) is 0.653. The summed E-state index contributed by atoms with van der Waals surface area (Å²) in [4.78, 5) is 24.1. The Kier molecular flexibility index (Phi) is 2.92. The maximum absolute atomic E-state index is 12.1. The van der Waals surface area contributed by atoms with Gasteiger partial charge in [-0.1, -0.05) is 19.1 Å². The molecule has 1 fully saturated rings. The Morgan fingerprint density at radius 2 is 1.61 bits per heavy atom. The van der Waals surface area contributed by atoms with Crippen molar-refractivity contribution in [3.63, 3.8) is 0 Å². The lowest BCUT2D eigenvalue weighted by Gasteiger charge is -2.38. The molecule has 4 nitrogen and oxygen atoms in total. The molecule has 0 aromatic heterocycles. The highest BCUT2D eigenvalue weighted by atomic mass is 16.7. The minimum atomic E-state index is -0.385. The van der Waals surface area contributed by atoms with E-state index in [1.807, 2.05) is 19.1 Å². The van der Waals surface area contributed by atoms with Gasteiger partial charge >= 0.3 is 0 Å². The van der Waals surface area contributed by atoms with Crippen molar-refractivity contribution < 1.29 is 19.1 Å². The third kappa shape index (κ3) is 1.76. The van der Waals surface area contributed by atoms with Crippen molar-refractivity contribution in [2.75, 3.05) is 13.2 Å². The number of hydrogen-bond acceptors (Lipinski definition) is 4. The van der Waals surface area contributed by atoms with E-state index in [0.717, 1.165) is 0 Å². The molecule has 0 spiro atoms. The molecule has 3 aliphatic rings. The van der Waals surface area contributed by atoms with Crippen LogP contribution in [0.15, 0.2) is 24.3 Å². The lowest BCUT2D eigenvalue weighted by Crippen LogP contribution is -2.45. The second-order valence-corrected chi connectivity index (χ2v) is 5.12. The fourth-order valence-corrected chi connectivity index (χ4v) is 3.16. The molecule has 18 heavy (non-hydrogen) atoms. The van der Waals surface area contributed by atoms with E-state index < -0.39 is 0 Å². The monoisotopic (exact) mass is 248 g/mol. The molecule has 0 radical (unpaired) electrons. The molecule has 0 unspecified atom stereocenters. The van der Waals surface area contributed by atoms with Crippen LogP contribution in [0.3, 0.4) is 0 Å². The number of ketones is 2. The Morgan fingerprint density at radius 1 is 1.00 bits per heavy atom. The van der Waals surface area contributed by atoms with Gasteiger partial charge in [0.25, 0.3) is 0 Å². The van der Waals surface area contributed by atoms with Crippen LogP contribution >= 0.6 is 0 Å². The van der Waals surface area contributed by atoms with Crippen molar-refractivity contribution >= 4 is 11.6 Å². The van der Waals surface area contributed by atoms with Gasteiger partial charge in [0.1, 0.15) is 0 Å². The van der Waals surface area contributed by atoms with Crippen molar-refractivity contribution in [2.24, 2.45) is 23.7 Å². The number of rotatable bonds is 1. The van der Waals surface area contributed by atoms with E-state index in [-0.39, 0.29) is 41.5 Å². The summed E-state index contributed by atoms with van der Waals surface area (Å²) in [5.74, 6) is -0.584. The molecule has 3 rings (SSSR count). The van der Waals surface area contributed by atoms with Gasteiger partial charge in [0.15, 0.2) is 17.9 Å². The first-order valence-electron chi connectivity index (χ1n) is 6.36. The third-order valence-corrected chi connectivity index (χ3v) is 4.04. The Labute approximate surface area is 106 Å². The first-order chi connectivity index (χ1) is 8.68. The first-order valence-corrected chi connectivity index (χ1v) is 6.36. The molecular weight excluding hydrogens is 232 g/mol. The second kappa shape index (κ2) is 4.44. The van der Waals surface area contributed by atoms with Crippen molar-refractivity contribution in [1.82, 2.24) is 0 Å². The zero-order chi connectivity index (χ0) is 12.7. The zero-order valence-electron chi connectivity index (χ0n) is 10.2. The molecule has 1 heterocycles. The van der Waals surface area contributed by atoms with E-state index in [0.29, 0.717) is 13.2 Å². The van der Waals surface area contributed by atoms with Crippen LogP contribution < -0.4 is 0 Å². The smallest absolute Gasteiger partial charge is 0.164 e. The van der Waals surface area contributed by atoms with Gasteiger partial charge in [-0.15, -0.1) is 0 Å². The number of hydrogen-bond donors (Lipinski definition) is 0. The molecular formula is C14H16O4. The summed E-state index contributed by atoms with van der Waals surface area (Å²) in [6, 6.07) is 0. The van der Waals surface area contributed by atoms with Crippen molar-refractivity contribution in [1.29, 1.82) is 0 Å². The maximum atomic E-state index is 12.1. The van der Waals surface area contributed by atoms with E-state index in [4.69, 9.17) is 9.47 Å². The Balaban J connectivity index is 1.95. The van der Waals surface area contributed by atoms with Crippen molar-refractivity contribution in [3.8, 4) is 0 Å². The van der Waals surface area contributed by atoms with Gasteiger partial charge in [0, 0.05) is 17.8 Å². The summed E-state index contributed by atoms with van der Waals surface area (Å²) in [7, 11) is 0. The number of allylic oxidation sites excluding steroid dienone is 3. The van der Waals surface area contributed by atoms with Gasteiger partial charge in [-0.3, -0.25) is 9.59 Å². The number of carbonyl (C=O) groups excluding carboxylic acids is 2. The predicted molar refractivity (Wildman–Crippen MR) is 63.6 cm³/mol. The lowest BCUT2D eigenvalue weighted by molar-refractivity contribution is -0.141. The minimum Gasteiger partial charge on any atom is -0.350 e. The standard InChI is InChI=1S/C14H16O4/c1-8-2-3-9(14-17-6-7-18-14)13-11(16)5-4-10(15)12(8)13/h2-5,8-9,12-14H,6-7H2,1H3/t8-,9-,12-,13-/m0/s1. The summed E-state index contributed by atoms with van der Waals surface area (Å²) in [6.45, 7) is 3.09. The minimum absolute atomic E-state index is 0.0138. The van der Waals surface area contributed by atoms with Crippen LogP contribution in [-0.2, 0) is 19.1 Å². The number of fused-ring (bicyclic) bond motifs is 1. The molecule has 2 aliphatic carbocycles. The summed E-state index contributed by atoms with van der Waals surface area (Å²) >= 11 is 0. The molecule has 0 amide bonds. The molecule has 1 saturated heterocycles. The number of ether oxygens (including phenoxy) is 2. The van der Waals surface area contributed by atoms with Crippen LogP contribution in [0, 0.1) is 23.7 Å². The van der Waals surface area contributed by atoms with Crippen molar-refractivity contribution in [3.05, 3.63) is 24.3 Å². The molecule has 0 bridgehead atoms. The molecule has 4 atom stereocenters. The SMILES string of the molecule is C[C@H]1C=C[C@H](C2OCCO2)[C@H]2C(=O)C=CC(=O)[C@@H]21. The lowest BCUT2D eigenvalue weighted by atomic mass is 9.65. The molecule has 0 saturated carbocycles. The Bertz CT molecular complexity index is 431. The average molecular weight is 248 g/mol. The van der Waals surface area contributed by atoms with Gasteiger partial charge in [0.2, 0.25) is 0 Å². The zero-order valence-corrected chi connectivity index (χ0v) is 10.2. The van der Waals surface area contributed by atoms with Gasteiger partial charge in [-0.25, -0.2) is 0 Å². The molecule has 96 valence electrons. The average Bonchev–Trinajstić information content (AvgIpc) is 2.87. The first kappa shape index (κ1) is 11.8. The fraction of sp³-hybridized carbons (Fsp3) is 0.571. The van der Waals surface area contributed by atoms with Crippen LogP contribution in [0.4, 0.5) is 0 Å². The molecule has 0 aromatic rings. The number of carbonyl (C=O) groups is 2. The van der Waals surface area contributed by atoms with Crippen LogP contribution in [0.25, 0.3) is 0 Å². The molecule has 0 aromatic carbocycles. The largest absolute Gasteiger partial charge is 0.350 e. The summed E-state index contributed by atoms with van der Waals surface area (Å²) in [6.07, 6.45) is 6.40. The summed E-state index contributed by atoms with van der Waals surface area (Å²) in [5, 5.41) is 0. The predicted octanol–water partition coefficient (Wildman–Crippen LogP) is 1.12. The Hall–Kier alpha value is -1.26. The normalized spacial score (nSPS) is 40.3. The van der Waals surface area contributed by atoms with Crippen LogP contribution in [0.2, 0.25) is 0 Å². The fourth-order valence-electron chi connectivity index (χ4n) is 3.16. The highest BCUT2D eigenvalue weighted by Gasteiger charge is 2.47. The summed E-state index contributed by atoms with van der Waals surface area (Å²) in [5.41, 5.74) is 0. The van der Waals surface area contributed by atoms with Crippen LogP contribution in [-0.4, -0.2) is 31.1 Å². The van der Waals surface area contributed by atoms with E-state index in [1.54, 1.807) is 0 Å². The highest BCUT2D eigenvalue weighted by Crippen LogP contribution is 2.41. The summed E-state index contributed by atoms with van der Waals surface area (Å²) < 4.78 is 11.0.